The molecule has 2 aliphatic heterocycles. The van der Waals surface area contributed by atoms with Gasteiger partial charge in [-0.1, -0.05) is 0 Å². The van der Waals surface area contributed by atoms with Crippen molar-refractivity contribution in [2.45, 2.75) is 18.1 Å². The van der Waals surface area contributed by atoms with Crippen LogP contribution in [0.1, 0.15) is 12.8 Å². The molecule has 0 amide bonds. The standard InChI is InChI=1S/C9H15NO5S/c11-9(12)7-5-10(6-7)16(13,14)8-1-3-15-4-2-8/h7-8H,1-6H2,(H,11,12). The number of rotatable bonds is 3. The van der Waals surface area contributed by atoms with Crippen molar-refractivity contribution in [2.24, 2.45) is 5.92 Å². The van der Waals surface area contributed by atoms with Crippen molar-refractivity contribution in [3.8, 4) is 0 Å². The Labute approximate surface area is 94.2 Å². The second kappa shape index (κ2) is 4.31. The van der Waals surface area contributed by atoms with Crippen LogP contribution >= 0.6 is 0 Å². The minimum atomic E-state index is -3.30. The van der Waals surface area contributed by atoms with Gasteiger partial charge < -0.3 is 9.84 Å². The molecule has 2 saturated heterocycles. The van der Waals surface area contributed by atoms with E-state index in [4.69, 9.17) is 9.84 Å². The molecule has 7 heteroatoms. The van der Waals surface area contributed by atoms with Gasteiger partial charge in [-0.3, -0.25) is 4.79 Å². The summed E-state index contributed by atoms with van der Waals surface area (Å²) in [4.78, 5) is 10.6. The lowest BCUT2D eigenvalue weighted by molar-refractivity contribution is -0.145. The fourth-order valence-electron chi connectivity index (χ4n) is 1.99. The average Bonchev–Trinajstić information content (AvgIpc) is 2.15. The molecule has 0 aromatic rings. The summed E-state index contributed by atoms with van der Waals surface area (Å²) in [5.74, 6) is -1.45. The topological polar surface area (TPSA) is 83.9 Å². The molecule has 0 bridgehead atoms. The summed E-state index contributed by atoms with van der Waals surface area (Å²) >= 11 is 0. The quantitative estimate of drug-likeness (QED) is 0.729. The highest BCUT2D eigenvalue weighted by atomic mass is 32.2. The molecule has 0 aromatic carbocycles. The van der Waals surface area contributed by atoms with E-state index in [1.807, 2.05) is 0 Å². The van der Waals surface area contributed by atoms with Crippen LogP contribution in [-0.4, -0.2) is 55.4 Å². The monoisotopic (exact) mass is 249 g/mol. The van der Waals surface area contributed by atoms with Gasteiger partial charge in [-0.2, -0.15) is 4.31 Å². The Balaban J connectivity index is 1.96. The van der Waals surface area contributed by atoms with Crippen molar-refractivity contribution in [1.82, 2.24) is 4.31 Å². The van der Waals surface area contributed by atoms with Crippen LogP contribution in [0.2, 0.25) is 0 Å². The number of hydrogen-bond acceptors (Lipinski definition) is 4. The molecule has 16 heavy (non-hydrogen) atoms. The lowest BCUT2D eigenvalue weighted by atomic mass is 10.0. The Hall–Kier alpha value is -0.660. The van der Waals surface area contributed by atoms with E-state index in [0.717, 1.165) is 0 Å². The molecule has 2 aliphatic rings. The van der Waals surface area contributed by atoms with Gasteiger partial charge >= 0.3 is 5.97 Å². The van der Waals surface area contributed by atoms with E-state index in [2.05, 4.69) is 0 Å². The van der Waals surface area contributed by atoms with Crippen LogP contribution in [-0.2, 0) is 19.6 Å². The molecule has 0 saturated carbocycles. The zero-order valence-corrected chi connectivity index (χ0v) is 9.65. The van der Waals surface area contributed by atoms with Gasteiger partial charge in [-0.15, -0.1) is 0 Å². The minimum absolute atomic E-state index is 0.120. The maximum atomic E-state index is 12.0. The Kier molecular flexibility index (Phi) is 3.18. The highest BCUT2D eigenvalue weighted by Crippen LogP contribution is 2.26. The number of carboxylic acids is 1. The molecule has 92 valence electrons. The van der Waals surface area contributed by atoms with Crippen LogP contribution in [0, 0.1) is 5.92 Å². The third-order valence-corrected chi connectivity index (χ3v) is 5.48. The molecule has 6 nitrogen and oxygen atoms in total. The number of sulfonamides is 1. The lowest BCUT2D eigenvalue weighted by Crippen LogP contribution is -2.55. The third-order valence-electron chi connectivity index (χ3n) is 3.15. The Morgan fingerprint density at radius 1 is 1.25 bits per heavy atom. The summed E-state index contributed by atoms with van der Waals surface area (Å²) in [5, 5.41) is 8.29. The first kappa shape index (κ1) is 11.8. The van der Waals surface area contributed by atoms with Crippen LogP contribution in [0.15, 0.2) is 0 Å². The number of ether oxygens (including phenoxy) is 1. The predicted octanol–water partition coefficient (Wildman–Crippen LogP) is -0.488. The molecule has 0 aliphatic carbocycles. The largest absolute Gasteiger partial charge is 0.481 e. The smallest absolute Gasteiger partial charge is 0.309 e. The van der Waals surface area contributed by atoms with E-state index in [1.165, 1.54) is 4.31 Å². The van der Waals surface area contributed by atoms with Gasteiger partial charge in [0.25, 0.3) is 0 Å². The molecule has 1 N–H and O–H groups in total. The summed E-state index contributed by atoms with van der Waals surface area (Å²) in [5.41, 5.74) is 0. The first-order valence-corrected chi connectivity index (χ1v) is 6.81. The summed E-state index contributed by atoms with van der Waals surface area (Å²) in [6, 6.07) is 0. The van der Waals surface area contributed by atoms with Crippen molar-refractivity contribution in [2.75, 3.05) is 26.3 Å². The molecule has 2 fully saturated rings. The molecule has 0 radical (unpaired) electrons. The molecule has 0 aromatic heterocycles. The Morgan fingerprint density at radius 3 is 2.31 bits per heavy atom. The number of hydrogen-bond donors (Lipinski definition) is 1. The van der Waals surface area contributed by atoms with Crippen molar-refractivity contribution in [3.05, 3.63) is 0 Å². The highest BCUT2D eigenvalue weighted by molar-refractivity contribution is 7.89. The van der Waals surface area contributed by atoms with Crippen molar-refractivity contribution in [3.63, 3.8) is 0 Å². The van der Waals surface area contributed by atoms with Gasteiger partial charge in [-0.05, 0) is 12.8 Å². The van der Waals surface area contributed by atoms with Crippen molar-refractivity contribution >= 4 is 16.0 Å². The Morgan fingerprint density at radius 2 is 1.81 bits per heavy atom. The third kappa shape index (κ3) is 2.07. The van der Waals surface area contributed by atoms with Crippen LogP contribution in [0.25, 0.3) is 0 Å². The zero-order valence-electron chi connectivity index (χ0n) is 8.83. The zero-order chi connectivity index (χ0) is 11.8. The highest BCUT2D eigenvalue weighted by Gasteiger charge is 2.43. The molecular formula is C9H15NO5S. The van der Waals surface area contributed by atoms with E-state index in [-0.39, 0.29) is 13.1 Å². The van der Waals surface area contributed by atoms with Crippen LogP contribution < -0.4 is 0 Å². The SMILES string of the molecule is O=C(O)C1CN(S(=O)(=O)C2CCOCC2)C1. The van der Waals surface area contributed by atoms with E-state index in [9.17, 15) is 13.2 Å². The van der Waals surface area contributed by atoms with Gasteiger partial charge in [0.1, 0.15) is 0 Å². The van der Waals surface area contributed by atoms with Gasteiger partial charge in [0.15, 0.2) is 0 Å². The number of carbonyl (C=O) groups is 1. The van der Waals surface area contributed by atoms with Gasteiger partial charge in [0.05, 0.1) is 11.2 Å². The predicted molar refractivity (Wildman–Crippen MR) is 55.5 cm³/mol. The second-order valence-corrected chi connectivity index (χ2v) is 6.42. The second-order valence-electron chi connectivity index (χ2n) is 4.21. The van der Waals surface area contributed by atoms with E-state index >= 15 is 0 Å². The lowest BCUT2D eigenvalue weighted by Gasteiger charge is -2.38. The number of aliphatic carboxylic acids is 1. The maximum Gasteiger partial charge on any atom is 0.309 e. The van der Waals surface area contributed by atoms with Crippen molar-refractivity contribution in [1.29, 1.82) is 0 Å². The fraction of sp³-hybridized carbons (Fsp3) is 0.889. The van der Waals surface area contributed by atoms with Crippen LogP contribution in [0.5, 0.6) is 0 Å². The first-order valence-electron chi connectivity index (χ1n) is 5.31. The van der Waals surface area contributed by atoms with E-state index in [0.29, 0.717) is 26.1 Å². The maximum absolute atomic E-state index is 12.0. The fourth-order valence-corrected chi connectivity index (χ4v) is 3.97. The molecule has 2 heterocycles. The minimum Gasteiger partial charge on any atom is -0.481 e. The van der Waals surface area contributed by atoms with E-state index in [1.54, 1.807) is 0 Å². The normalized spacial score (nSPS) is 25.2. The molecule has 2 rings (SSSR count). The molecule has 0 unspecified atom stereocenters. The molecule has 0 atom stereocenters. The van der Waals surface area contributed by atoms with Crippen LogP contribution in [0.3, 0.4) is 0 Å². The Bertz CT molecular complexity index is 367. The first-order chi connectivity index (χ1) is 7.51. The van der Waals surface area contributed by atoms with Crippen molar-refractivity contribution < 1.29 is 23.1 Å². The average molecular weight is 249 g/mol. The summed E-state index contributed by atoms with van der Waals surface area (Å²) < 4.78 is 30.4. The van der Waals surface area contributed by atoms with E-state index < -0.39 is 27.2 Å². The van der Waals surface area contributed by atoms with Gasteiger partial charge in [0, 0.05) is 26.3 Å². The summed E-state index contributed by atoms with van der Waals surface area (Å²) in [7, 11) is -3.30. The number of carboxylic acid groups (broad SMARTS) is 1. The number of nitrogens with zero attached hydrogens (tertiary/aromatic N) is 1. The van der Waals surface area contributed by atoms with Gasteiger partial charge in [0.2, 0.25) is 10.0 Å². The molecule has 0 spiro atoms. The van der Waals surface area contributed by atoms with Crippen LogP contribution in [0.4, 0.5) is 0 Å². The van der Waals surface area contributed by atoms with Gasteiger partial charge in [-0.25, -0.2) is 8.42 Å². The summed E-state index contributed by atoms with van der Waals surface area (Å²) in [6.07, 6.45) is 1.02. The summed E-state index contributed by atoms with van der Waals surface area (Å²) in [6.45, 7) is 1.18. The molecular weight excluding hydrogens is 234 g/mol.